The molecule has 1 aromatic rings. The molecule has 0 bridgehead atoms. The molecule has 1 atom stereocenters. The number of hydrogen-bond acceptors (Lipinski definition) is 3. The van der Waals surface area contributed by atoms with Crippen molar-refractivity contribution in [3.8, 4) is 0 Å². The van der Waals surface area contributed by atoms with Gasteiger partial charge in [-0.15, -0.1) is 0 Å². The maximum atomic E-state index is 9.08. The van der Waals surface area contributed by atoms with Gasteiger partial charge in [0.1, 0.15) is 0 Å². The second-order valence-corrected chi connectivity index (χ2v) is 3.98. The smallest absolute Gasteiger partial charge is 0.0894 e. The second kappa shape index (κ2) is 8.28. The fourth-order valence-electron chi connectivity index (χ4n) is 1.56. The molecule has 3 heteroatoms. The van der Waals surface area contributed by atoms with E-state index >= 15 is 0 Å². The second-order valence-electron chi connectivity index (χ2n) is 3.98. The number of unbranched alkanes of at least 4 members (excludes halogenated alkanes) is 1. The first-order chi connectivity index (χ1) is 7.83. The van der Waals surface area contributed by atoms with Crippen molar-refractivity contribution in [1.29, 1.82) is 0 Å². The van der Waals surface area contributed by atoms with Crippen molar-refractivity contribution < 1.29 is 10.2 Å². The normalized spacial score (nSPS) is 12.6. The van der Waals surface area contributed by atoms with Crippen LogP contribution < -0.4 is 5.32 Å². The topological polar surface area (TPSA) is 52.5 Å². The van der Waals surface area contributed by atoms with Crippen molar-refractivity contribution >= 4 is 0 Å². The Labute approximate surface area is 97.1 Å². The van der Waals surface area contributed by atoms with Crippen molar-refractivity contribution in [3.05, 3.63) is 35.9 Å². The SMILES string of the molecule is OCC(O)CNCCCCc1ccccc1. The van der Waals surface area contributed by atoms with Crippen LogP contribution in [0.1, 0.15) is 18.4 Å². The average Bonchev–Trinajstić information content (AvgIpc) is 2.34. The molecule has 0 saturated heterocycles. The Bertz CT molecular complexity index is 264. The van der Waals surface area contributed by atoms with Gasteiger partial charge in [-0.25, -0.2) is 0 Å². The predicted molar refractivity (Wildman–Crippen MR) is 65.3 cm³/mol. The average molecular weight is 223 g/mol. The van der Waals surface area contributed by atoms with E-state index in [1.165, 1.54) is 5.56 Å². The van der Waals surface area contributed by atoms with Gasteiger partial charge in [-0.1, -0.05) is 30.3 Å². The lowest BCUT2D eigenvalue weighted by atomic mass is 10.1. The van der Waals surface area contributed by atoms with Crippen molar-refractivity contribution in [1.82, 2.24) is 5.32 Å². The molecule has 0 saturated carbocycles. The summed E-state index contributed by atoms with van der Waals surface area (Å²) in [6.45, 7) is 1.20. The van der Waals surface area contributed by atoms with Gasteiger partial charge in [0, 0.05) is 6.54 Å². The molecule has 3 N–H and O–H groups in total. The highest BCUT2D eigenvalue weighted by Gasteiger charge is 1.99. The molecular weight excluding hydrogens is 202 g/mol. The van der Waals surface area contributed by atoms with E-state index in [4.69, 9.17) is 10.2 Å². The summed E-state index contributed by atoms with van der Waals surface area (Å²) in [7, 11) is 0. The summed E-state index contributed by atoms with van der Waals surface area (Å²) < 4.78 is 0. The fourth-order valence-corrected chi connectivity index (χ4v) is 1.56. The van der Waals surface area contributed by atoms with Crippen LogP contribution in [0.2, 0.25) is 0 Å². The number of benzene rings is 1. The zero-order valence-electron chi connectivity index (χ0n) is 9.60. The highest BCUT2D eigenvalue weighted by molar-refractivity contribution is 5.14. The monoisotopic (exact) mass is 223 g/mol. The summed E-state index contributed by atoms with van der Waals surface area (Å²) in [5.74, 6) is 0. The lowest BCUT2D eigenvalue weighted by molar-refractivity contribution is 0.0945. The van der Waals surface area contributed by atoms with Crippen LogP contribution in [-0.2, 0) is 6.42 Å². The van der Waals surface area contributed by atoms with E-state index < -0.39 is 6.10 Å². The Morgan fingerprint density at radius 3 is 2.56 bits per heavy atom. The molecule has 16 heavy (non-hydrogen) atoms. The van der Waals surface area contributed by atoms with Crippen molar-refractivity contribution in [3.63, 3.8) is 0 Å². The van der Waals surface area contributed by atoms with Crippen molar-refractivity contribution in [2.75, 3.05) is 19.7 Å². The summed E-state index contributed by atoms with van der Waals surface area (Å²) in [6.07, 6.45) is 2.71. The number of aliphatic hydroxyl groups is 2. The van der Waals surface area contributed by atoms with Crippen LogP contribution in [0.25, 0.3) is 0 Å². The van der Waals surface area contributed by atoms with Crippen LogP contribution in [0, 0.1) is 0 Å². The quantitative estimate of drug-likeness (QED) is 0.575. The van der Waals surface area contributed by atoms with Gasteiger partial charge in [0.15, 0.2) is 0 Å². The molecule has 0 spiro atoms. The summed E-state index contributed by atoms with van der Waals surface area (Å²) in [6, 6.07) is 10.4. The molecular formula is C13H21NO2. The molecule has 1 aromatic carbocycles. The number of aryl methyl sites for hydroxylation is 1. The van der Waals surface area contributed by atoms with Crippen LogP contribution in [0.3, 0.4) is 0 Å². The Hall–Kier alpha value is -0.900. The molecule has 0 aliphatic heterocycles. The Balaban J connectivity index is 1.96. The van der Waals surface area contributed by atoms with Gasteiger partial charge in [-0.05, 0) is 31.4 Å². The largest absolute Gasteiger partial charge is 0.394 e. The third kappa shape index (κ3) is 5.85. The van der Waals surface area contributed by atoms with E-state index in [2.05, 4.69) is 29.6 Å². The number of hydrogen-bond donors (Lipinski definition) is 3. The third-order valence-electron chi connectivity index (χ3n) is 2.50. The van der Waals surface area contributed by atoms with Gasteiger partial charge < -0.3 is 15.5 Å². The molecule has 1 rings (SSSR count). The molecule has 90 valence electrons. The summed E-state index contributed by atoms with van der Waals surface area (Å²) in [4.78, 5) is 0. The molecule has 0 aliphatic rings. The van der Waals surface area contributed by atoms with E-state index in [1.54, 1.807) is 0 Å². The highest BCUT2D eigenvalue weighted by atomic mass is 16.3. The lowest BCUT2D eigenvalue weighted by Crippen LogP contribution is -2.29. The van der Waals surface area contributed by atoms with E-state index in [9.17, 15) is 0 Å². The molecule has 1 unspecified atom stereocenters. The standard InChI is InChI=1S/C13H21NO2/c15-11-13(16)10-14-9-5-4-8-12-6-2-1-3-7-12/h1-3,6-7,13-16H,4-5,8-11H2. The van der Waals surface area contributed by atoms with Gasteiger partial charge in [0.25, 0.3) is 0 Å². The van der Waals surface area contributed by atoms with E-state index in [0.717, 1.165) is 25.8 Å². The van der Waals surface area contributed by atoms with Crippen LogP contribution in [0.15, 0.2) is 30.3 Å². The Morgan fingerprint density at radius 1 is 1.12 bits per heavy atom. The van der Waals surface area contributed by atoms with Gasteiger partial charge in [0.05, 0.1) is 12.7 Å². The van der Waals surface area contributed by atoms with Crippen molar-refractivity contribution in [2.45, 2.75) is 25.4 Å². The first-order valence-electron chi connectivity index (χ1n) is 5.86. The van der Waals surface area contributed by atoms with Crippen molar-refractivity contribution in [2.24, 2.45) is 0 Å². The summed E-state index contributed by atoms with van der Waals surface area (Å²) in [5, 5.41) is 20.8. The van der Waals surface area contributed by atoms with Crippen LogP contribution >= 0.6 is 0 Å². The van der Waals surface area contributed by atoms with E-state index in [1.807, 2.05) is 6.07 Å². The maximum absolute atomic E-state index is 9.08. The minimum absolute atomic E-state index is 0.170. The minimum atomic E-state index is -0.630. The maximum Gasteiger partial charge on any atom is 0.0894 e. The third-order valence-corrected chi connectivity index (χ3v) is 2.50. The van der Waals surface area contributed by atoms with Gasteiger partial charge in [-0.2, -0.15) is 0 Å². The number of rotatable bonds is 8. The predicted octanol–water partition coefficient (Wildman–Crippen LogP) is 0.952. The van der Waals surface area contributed by atoms with Gasteiger partial charge >= 0.3 is 0 Å². The van der Waals surface area contributed by atoms with Gasteiger partial charge in [0.2, 0.25) is 0 Å². The first kappa shape index (κ1) is 13.2. The lowest BCUT2D eigenvalue weighted by Gasteiger charge is -2.08. The summed E-state index contributed by atoms with van der Waals surface area (Å²) in [5.41, 5.74) is 1.37. The molecule has 0 aliphatic carbocycles. The zero-order chi connectivity index (χ0) is 11.6. The molecule has 0 heterocycles. The van der Waals surface area contributed by atoms with E-state index in [0.29, 0.717) is 6.54 Å². The highest BCUT2D eigenvalue weighted by Crippen LogP contribution is 2.03. The Kier molecular flexibility index (Phi) is 6.81. The van der Waals surface area contributed by atoms with Crippen LogP contribution in [0.4, 0.5) is 0 Å². The molecule has 0 aromatic heterocycles. The molecule has 0 amide bonds. The minimum Gasteiger partial charge on any atom is -0.394 e. The zero-order valence-corrected chi connectivity index (χ0v) is 9.60. The molecule has 0 radical (unpaired) electrons. The first-order valence-corrected chi connectivity index (χ1v) is 5.86. The summed E-state index contributed by atoms with van der Waals surface area (Å²) >= 11 is 0. The van der Waals surface area contributed by atoms with Crippen LogP contribution in [0.5, 0.6) is 0 Å². The van der Waals surface area contributed by atoms with E-state index in [-0.39, 0.29) is 6.61 Å². The number of aliphatic hydroxyl groups excluding tert-OH is 2. The fraction of sp³-hybridized carbons (Fsp3) is 0.538. The van der Waals surface area contributed by atoms with Gasteiger partial charge in [-0.3, -0.25) is 0 Å². The molecule has 0 fully saturated rings. The Morgan fingerprint density at radius 2 is 1.88 bits per heavy atom. The molecule has 3 nitrogen and oxygen atoms in total. The van der Waals surface area contributed by atoms with Crippen LogP contribution in [-0.4, -0.2) is 36.0 Å². The number of nitrogens with one attached hydrogen (secondary N) is 1.